The van der Waals surface area contributed by atoms with Crippen LogP contribution in [0.1, 0.15) is 18.1 Å². The normalized spacial score (nSPS) is 17.7. The van der Waals surface area contributed by atoms with Crippen LogP contribution in [0.25, 0.3) is 0 Å². The first-order valence-corrected chi connectivity index (χ1v) is 9.75. The number of halogens is 1. The van der Waals surface area contributed by atoms with Crippen molar-refractivity contribution < 1.29 is 22.4 Å². The smallest absolute Gasteiger partial charge is 0.272 e. The molecule has 1 aliphatic heterocycles. The number of amidine groups is 1. The first-order chi connectivity index (χ1) is 12.3. The van der Waals surface area contributed by atoms with Crippen LogP contribution in [0.15, 0.2) is 58.6 Å². The standard InChI is InChI=1S/C18H17FN2O4S/c1-12-18(22)21(11-13-3-9-16(10-4-13)26(2,23)24)17(20-25-12)14-5-7-15(19)8-6-14/h3-10,12H,11H2,1-2H3. The summed E-state index contributed by atoms with van der Waals surface area (Å²) in [5.74, 6) is -0.402. The minimum Gasteiger partial charge on any atom is -0.381 e. The van der Waals surface area contributed by atoms with E-state index in [2.05, 4.69) is 5.16 Å². The van der Waals surface area contributed by atoms with Crippen LogP contribution in [0.2, 0.25) is 0 Å². The Labute approximate surface area is 150 Å². The number of carbonyl (C=O) groups is 1. The van der Waals surface area contributed by atoms with E-state index in [1.165, 1.54) is 41.3 Å². The molecule has 1 heterocycles. The fraction of sp³-hybridized carbons (Fsp3) is 0.222. The summed E-state index contributed by atoms with van der Waals surface area (Å²) in [6, 6.07) is 11.9. The van der Waals surface area contributed by atoms with E-state index in [-0.39, 0.29) is 23.2 Å². The number of benzene rings is 2. The predicted octanol–water partition coefficient (Wildman–Crippen LogP) is 2.34. The van der Waals surface area contributed by atoms with Crippen molar-refractivity contribution in [2.75, 3.05) is 6.26 Å². The summed E-state index contributed by atoms with van der Waals surface area (Å²) < 4.78 is 36.3. The summed E-state index contributed by atoms with van der Waals surface area (Å²) >= 11 is 0. The lowest BCUT2D eigenvalue weighted by molar-refractivity contribution is -0.142. The van der Waals surface area contributed by atoms with Crippen LogP contribution in [0, 0.1) is 5.82 Å². The van der Waals surface area contributed by atoms with E-state index in [0.717, 1.165) is 11.8 Å². The van der Waals surface area contributed by atoms with E-state index >= 15 is 0 Å². The average Bonchev–Trinajstić information content (AvgIpc) is 2.60. The van der Waals surface area contributed by atoms with Crippen LogP contribution in [0.4, 0.5) is 4.39 Å². The van der Waals surface area contributed by atoms with Crippen molar-refractivity contribution in [1.82, 2.24) is 4.90 Å². The van der Waals surface area contributed by atoms with Crippen LogP contribution >= 0.6 is 0 Å². The predicted molar refractivity (Wildman–Crippen MR) is 93.6 cm³/mol. The Morgan fingerprint density at radius 2 is 1.73 bits per heavy atom. The SMILES string of the molecule is CC1ON=C(c2ccc(F)cc2)N(Cc2ccc(S(C)(=O)=O)cc2)C1=O. The summed E-state index contributed by atoms with van der Waals surface area (Å²) in [6.45, 7) is 1.78. The second-order valence-corrected chi connectivity index (χ2v) is 8.03. The molecule has 3 rings (SSSR count). The number of nitrogens with zero attached hydrogens (tertiary/aromatic N) is 2. The molecule has 0 aliphatic carbocycles. The van der Waals surface area contributed by atoms with Gasteiger partial charge < -0.3 is 4.84 Å². The molecule has 0 saturated carbocycles. The molecule has 136 valence electrons. The van der Waals surface area contributed by atoms with Gasteiger partial charge in [0, 0.05) is 11.8 Å². The molecule has 1 unspecified atom stereocenters. The van der Waals surface area contributed by atoms with Gasteiger partial charge in [-0.15, -0.1) is 0 Å². The van der Waals surface area contributed by atoms with Crippen LogP contribution in [0.5, 0.6) is 0 Å². The Bertz CT molecular complexity index is 954. The fourth-order valence-corrected chi connectivity index (χ4v) is 3.16. The number of sulfone groups is 1. The number of oxime groups is 1. The van der Waals surface area contributed by atoms with E-state index in [1.807, 2.05) is 0 Å². The molecule has 0 saturated heterocycles. The molecule has 0 aromatic heterocycles. The quantitative estimate of drug-likeness (QED) is 0.821. The Hall–Kier alpha value is -2.74. The van der Waals surface area contributed by atoms with E-state index in [4.69, 9.17) is 4.84 Å². The highest BCUT2D eigenvalue weighted by Gasteiger charge is 2.31. The second-order valence-electron chi connectivity index (χ2n) is 6.01. The molecule has 1 atom stereocenters. The van der Waals surface area contributed by atoms with Crippen molar-refractivity contribution in [1.29, 1.82) is 0 Å². The lowest BCUT2D eigenvalue weighted by Gasteiger charge is -2.30. The van der Waals surface area contributed by atoms with Crippen LogP contribution < -0.4 is 0 Å². The first-order valence-electron chi connectivity index (χ1n) is 7.86. The number of carbonyl (C=O) groups excluding carboxylic acids is 1. The Kier molecular flexibility index (Phi) is 4.78. The maximum atomic E-state index is 13.2. The van der Waals surface area contributed by atoms with Crippen LogP contribution in [-0.4, -0.2) is 37.4 Å². The number of hydrogen-bond donors (Lipinski definition) is 0. The summed E-state index contributed by atoms with van der Waals surface area (Å²) in [6.07, 6.45) is 0.392. The molecule has 0 bridgehead atoms. The summed E-state index contributed by atoms with van der Waals surface area (Å²) in [5, 5.41) is 4.00. The van der Waals surface area contributed by atoms with Crippen LogP contribution in [0.3, 0.4) is 0 Å². The zero-order valence-corrected chi connectivity index (χ0v) is 15.0. The van der Waals surface area contributed by atoms with Gasteiger partial charge in [-0.25, -0.2) is 12.8 Å². The zero-order chi connectivity index (χ0) is 18.9. The number of amides is 1. The largest absolute Gasteiger partial charge is 0.381 e. The van der Waals surface area contributed by atoms with Gasteiger partial charge in [0.2, 0.25) is 6.10 Å². The molecule has 1 aliphatic rings. The summed E-state index contributed by atoms with van der Waals surface area (Å²) in [4.78, 5) is 19.3. The van der Waals surface area contributed by atoms with Gasteiger partial charge in [-0.3, -0.25) is 9.69 Å². The third kappa shape index (κ3) is 3.75. The maximum Gasteiger partial charge on any atom is 0.272 e. The lowest BCUT2D eigenvalue weighted by Crippen LogP contribution is -2.46. The van der Waals surface area contributed by atoms with E-state index < -0.39 is 21.8 Å². The third-order valence-corrected chi connectivity index (χ3v) is 5.09. The Balaban J connectivity index is 1.91. The van der Waals surface area contributed by atoms with Crippen LogP contribution in [-0.2, 0) is 26.0 Å². The van der Waals surface area contributed by atoms with Gasteiger partial charge in [0.25, 0.3) is 5.91 Å². The van der Waals surface area contributed by atoms with Gasteiger partial charge in [0.15, 0.2) is 15.7 Å². The van der Waals surface area contributed by atoms with Crippen molar-refractivity contribution in [2.45, 2.75) is 24.5 Å². The number of hydrogen-bond acceptors (Lipinski definition) is 5. The second kappa shape index (κ2) is 6.87. The molecule has 1 amide bonds. The van der Waals surface area contributed by atoms with Crippen molar-refractivity contribution in [2.24, 2.45) is 5.16 Å². The first kappa shape index (κ1) is 18.1. The zero-order valence-electron chi connectivity index (χ0n) is 14.2. The van der Waals surface area contributed by atoms with Gasteiger partial charge in [0.1, 0.15) is 5.82 Å². The monoisotopic (exact) mass is 376 g/mol. The van der Waals surface area contributed by atoms with Gasteiger partial charge in [0.05, 0.1) is 11.4 Å². The Morgan fingerprint density at radius 1 is 1.12 bits per heavy atom. The lowest BCUT2D eigenvalue weighted by atomic mass is 10.1. The highest BCUT2D eigenvalue weighted by molar-refractivity contribution is 7.90. The Morgan fingerprint density at radius 3 is 2.31 bits per heavy atom. The third-order valence-electron chi connectivity index (χ3n) is 3.96. The van der Waals surface area contributed by atoms with Crippen molar-refractivity contribution >= 4 is 21.6 Å². The van der Waals surface area contributed by atoms with Crippen molar-refractivity contribution in [3.63, 3.8) is 0 Å². The van der Waals surface area contributed by atoms with E-state index in [1.54, 1.807) is 19.1 Å². The minimum atomic E-state index is -3.29. The van der Waals surface area contributed by atoms with Crippen molar-refractivity contribution in [3.8, 4) is 0 Å². The summed E-state index contributed by atoms with van der Waals surface area (Å²) in [5.41, 5.74) is 1.27. The van der Waals surface area contributed by atoms with Gasteiger partial charge in [-0.05, 0) is 48.9 Å². The van der Waals surface area contributed by atoms with E-state index in [0.29, 0.717) is 5.56 Å². The van der Waals surface area contributed by atoms with Crippen molar-refractivity contribution in [3.05, 3.63) is 65.5 Å². The minimum absolute atomic E-state index is 0.187. The molecule has 26 heavy (non-hydrogen) atoms. The van der Waals surface area contributed by atoms with Gasteiger partial charge in [-0.1, -0.05) is 17.3 Å². The van der Waals surface area contributed by atoms with Gasteiger partial charge >= 0.3 is 0 Å². The molecule has 2 aromatic rings. The molecule has 0 radical (unpaired) electrons. The van der Waals surface area contributed by atoms with Gasteiger partial charge in [-0.2, -0.15) is 0 Å². The maximum absolute atomic E-state index is 13.2. The topological polar surface area (TPSA) is 76.0 Å². The summed E-state index contributed by atoms with van der Waals surface area (Å²) in [7, 11) is -3.29. The highest BCUT2D eigenvalue weighted by atomic mass is 32.2. The average molecular weight is 376 g/mol. The molecular weight excluding hydrogens is 359 g/mol. The molecule has 0 spiro atoms. The fourth-order valence-electron chi connectivity index (χ4n) is 2.53. The highest BCUT2D eigenvalue weighted by Crippen LogP contribution is 2.19. The number of rotatable bonds is 4. The molecule has 0 fully saturated rings. The van der Waals surface area contributed by atoms with E-state index in [9.17, 15) is 17.6 Å². The molecular formula is C18H17FN2O4S. The molecule has 8 heteroatoms. The molecule has 2 aromatic carbocycles. The molecule has 0 N–H and O–H groups in total. The molecule has 6 nitrogen and oxygen atoms in total.